The number of pyridine rings is 1. The van der Waals surface area contributed by atoms with Crippen LogP contribution >= 0.6 is 0 Å². The lowest BCUT2D eigenvalue weighted by molar-refractivity contribution is -0.753. The van der Waals surface area contributed by atoms with Gasteiger partial charge in [0.05, 0.1) is 24.9 Å². The van der Waals surface area contributed by atoms with Crippen LogP contribution in [0.2, 0.25) is 0 Å². The minimum atomic E-state index is -0.278. The maximum Gasteiger partial charge on any atom is 0.322 e. The molecule has 0 bridgehead atoms. The van der Waals surface area contributed by atoms with Crippen molar-refractivity contribution >= 4 is 24.0 Å². The predicted octanol–water partition coefficient (Wildman–Crippen LogP) is 5.69. The fraction of sp³-hybridized carbons (Fsp3) is 0.395. The average Bonchev–Trinajstić information content (AvgIpc) is 3.74. The number of aliphatic hydroxyl groups excluding tert-OH is 1. The summed E-state index contributed by atoms with van der Waals surface area (Å²) in [6, 6.07) is 19.6. The number of amides is 2. The highest BCUT2D eigenvalue weighted by molar-refractivity contribution is 5.88. The van der Waals surface area contributed by atoms with E-state index >= 15 is 0 Å². The lowest BCUT2D eigenvalue weighted by atomic mass is 9.85. The summed E-state index contributed by atoms with van der Waals surface area (Å²) in [5.41, 5.74) is 4.47. The third-order valence-electron chi connectivity index (χ3n) is 9.66. The van der Waals surface area contributed by atoms with Crippen molar-refractivity contribution in [2.75, 3.05) is 18.9 Å². The van der Waals surface area contributed by atoms with Crippen LogP contribution in [-0.4, -0.2) is 60.4 Å². The van der Waals surface area contributed by atoms with E-state index < -0.39 is 0 Å². The second-order valence-electron chi connectivity index (χ2n) is 14.1. The van der Waals surface area contributed by atoms with E-state index in [2.05, 4.69) is 74.7 Å². The maximum absolute atomic E-state index is 13.6. The number of aromatic nitrogens is 5. The molecule has 0 radical (unpaired) electrons. The number of fused-ring (bicyclic) bond motifs is 2. The lowest BCUT2D eigenvalue weighted by Gasteiger charge is -2.32. The monoisotopic (exact) mass is 695 g/mol. The molecule has 2 amide bonds. The third-order valence-corrected chi connectivity index (χ3v) is 9.66. The van der Waals surface area contributed by atoms with Crippen molar-refractivity contribution < 1.29 is 29.1 Å². The first-order chi connectivity index (χ1) is 24.6. The van der Waals surface area contributed by atoms with E-state index in [4.69, 9.17) is 14.6 Å². The third kappa shape index (κ3) is 7.89. The van der Waals surface area contributed by atoms with Crippen molar-refractivity contribution in [1.82, 2.24) is 29.4 Å². The normalized spacial score (nSPS) is 19.0. The highest BCUT2D eigenvalue weighted by Crippen LogP contribution is 2.39. The molecule has 1 aliphatic carbocycles. The Bertz CT molecular complexity index is 1970. The number of ether oxygens (including phenoxy) is 1. The number of hydrogen-bond acceptors (Lipinski definition) is 7. The Hall–Kier alpha value is -5.27. The summed E-state index contributed by atoms with van der Waals surface area (Å²) in [7, 11) is 2.16. The number of nitrogens with one attached hydrogen (secondary N) is 2. The molecule has 1 aliphatic heterocycles. The zero-order valence-corrected chi connectivity index (χ0v) is 29.6. The van der Waals surface area contributed by atoms with Crippen molar-refractivity contribution in [3.05, 3.63) is 102 Å². The van der Waals surface area contributed by atoms with Crippen LogP contribution in [0.1, 0.15) is 93.6 Å². The number of hydrogen-bond donors (Lipinski definition) is 4. The number of anilines is 1. The van der Waals surface area contributed by atoms with Crippen LogP contribution in [0.4, 0.5) is 10.6 Å². The fourth-order valence-electron chi connectivity index (χ4n) is 6.93. The Balaban J connectivity index is 0.00000144. The number of carboxylic acid groups (broad SMARTS) is 1. The summed E-state index contributed by atoms with van der Waals surface area (Å²) in [4.78, 5) is 24.3. The van der Waals surface area contributed by atoms with Crippen LogP contribution in [0, 0.1) is 0 Å². The molecular formula is C38H47N8O5+. The molecule has 13 heteroatoms. The Labute approximate surface area is 297 Å². The quantitative estimate of drug-likeness (QED) is 0.125. The molecule has 13 nitrogen and oxygen atoms in total. The molecule has 0 saturated carbocycles. The van der Waals surface area contributed by atoms with Gasteiger partial charge in [-0.2, -0.15) is 4.57 Å². The zero-order chi connectivity index (χ0) is 36.1. The summed E-state index contributed by atoms with van der Waals surface area (Å²) in [5, 5.41) is 31.7. The van der Waals surface area contributed by atoms with Crippen molar-refractivity contribution in [2.45, 2.75) is 83.2 Å². The standard InChI is InChI=1S/C37H44N8O3.CH2O2/c1-37(2,3)43-22-34(45(24-43)26-14-12-25(23-46)13-15-26)39-36(47)38-30-17-18-32(29-10-6-5-9-28(29)30)48-27-16-19-33-40-41-35(44(33)21-27)31-11-7-8-20-42(31)4;2-1-3/h5-6,9-10,12-16,19,21-22,24,30-32,46H,7-8,11,17-18,20,23H2,1-4H3,(H-,38,39,47);1H,(H,2,3)/p+1/t30-,31-,32+;/m0./s1. The highest BCUT2D eigenvalue weighted by atomic mass is 16.5. The largest absolute Gasteiger partial charge is 0.484 e. The Kier molecular flexibility index (Phi) is 10.7. The number of carbonyl (C=O) groups excluding carboxylic acids is 1. The molecule has 51 heavy (non-hydrogen) atoms. The predicted molar refractivity (Wildman–Crippen MR) is 192 cm³/mol. The number of imidazole rings is 1. The molecular weight excluding hydrogens is 648 g/mol. The van der Waals surface area contributed by atoms with E-state index in [-0.39, 0.29) is 42.8 Å². The molecule has 268 valence electrons. The molecule has 7 rings (SSSR count). The van der Waals surface area contributed by atoms with Crippen LogP contribution < -0.4 is 19.9 Å². The van der Waals surface area contributed by atoms with Gasteiger partial charge in [-0.15, -0.1) is 10.2 Å². The van der Waals surface area contributed by atoms with E-state index in [1.807, 2.05) is 71.8 Å². The summed E-state index contributed by atoms with van der Waals surface area (Å²) in [6.45, 7) is 7.14. The van der Waals surface area contributed by atoms with Crippen LogP contribution in [0.15, 0.2) is 79.4 Å². The molecule has 0 spiro atoms. The van der Waals surface area contributed by atoms with Crippen molar-refractivity contribution in [3.63, 3.8) is 0 Å². The van der Waals surface area contributed by atoms with E-state index in [1.54, 1.807) is 0 Å². The van der Waals surface area contributed by atoms with Gasteiger partial charge >= 0.3 is 6.03 Å². The van der Waals surface area contributed by atoms with E-state index in [9.17, 15) is 9.90 Å². The molecule has 4 heterocycles. The van der Waals surface area contributed by atoms with Gasteiger partial charge in [0.2, 0.25) is 5.82 Å². The smallest absolute Gasteiger partial charge is 0.322 e. The number of urea groups is 1. The van der Waals surface area contributed by atoms with E-state index in [0.29, 0.717) is 5.82 Å². The first-order valence-corrected chi connectivity index (χ1v) is 17.4. The number of benzene rings is 2. The molecule has 0 unspecified atom stereocenters. The minimum Gasteiger partial charge on any atom is -0.484 e. The summed E-state index contributed by atoms with van der Waals surface area (Å²) >= 11 is 0. The molecule has 3 atom stereocenters. The van der Waals surface area contributed by atoms with Gasteiger partial charge < -0.3 is 20.3 Å². The maximum atomic E-state index is 13.6. The van der Waals surface area contributed by atoms with Crippen LogP contribution in [0.25, 0.3) is 11.3 Å². The second kappa shape index (κ2) is 15.3. The molecule has 2 aromatic carbocycles. The summed E-state index contributed by atoms with van der Waals surface area (Å²) in [6.07, 6.45) is 10.7. The molecule has 4 N–H and O–H groups in total. The minimum absolute atomic E-state index is 0.0211. The fourth-order valence-corrected chi connectivity index (χ4v) is 6.93. The first-order valence-electron chi connectivity index (χ1n) is 17.4. The number of piperidine rings is 1. The van der Waals surface area contributed by atoms with E-state index in [0.717, 1.165) is 65.4 Å². The SMILES string of the molecule is CN1CCCC[C@H]1c1nnc2ccc(O[C@@H]3CC[C@H](NC(=O)Nc4c[n+](C(C)(C)C)cn4-c4ccc(CO)cc4)c4ccccc43)cn12.O=CO. The van der Waals surface area contributed by atoms with Gasteiger partial charge in [-0.3, -0.25) is 19.4 Å². The van der Waals surface area contributed by atoms with Gasteiger partial charge in [0.1, 0.15) is 23.1 Å². The van der Waals surface area contributed by atoms with Gasteiger partial charge in [-0.25, -0.2) is 9.36 Å². The van der Waals surface area contributed by atoms with Crippen molar-refractivity contribution in [2.24, 2.45) is 0 Å². The number of nitrogens with zero attached hydrogens (tertiary/aromatic N) is 6. The Morgan fingerprint density at radius 1 is 1.02 bits per heavy atom. The summed E-state index contributed by atoms with van der Waals surface area (Å²) < 4.78 is 12.8. The second-order valence-corrected chi connectivity index (χ2v) is 14.1. The van der Waals surface area contributed by atoms with Crippen molar-refractivity contribution in [1.29, 1.82) is 0 Å². The van der Waals surface area contributed by atoms with Gasteiger partial charge in [0.25, 0.3) is 12.8 Å². The van der Waals surface area contributed by atoms with Crippen LogP contribution in [-0.2, 0) is 16.9 Å². The highest BCUT2D eigenvalue weighted by Gasteiger charge is 2.31. The van der Waals surface area contributed by atoms with Gasteiger partial charge in [-0.05, 0) is 101 Å². The topological polar surface area (TPSA) is 150 Å². The lowest BCUT2D eigenvalue weighted by Crippen LogP contribution is -2.48. The average molecular weight is 696 g/mol. The molecule has 5 aromatic rings. The van der Waals surface area contributed by atoms with Crippen LogP contribution in [0.5, 0.6) is 5.75 Å². The number of aliphatic hydroxyl groups is 1. The number of carbonyl (C=O) groups is 2. The van der Waals surface area contributed by atoms with Gasteiger partial charge in [0, 0.05) is 0 Å². The zero-order valence-electron chi connectivity index (χ0n) is 29.6. The molecule has 1 fully saturated rings. The number of likely N-dealkylation sites (tertiary alicyclic amines) is 1. The van der Waals surface area contributed by atoms with Gasteiger partial charge in [0.15, 0.2) is 17.7 Å². The molecule has 1 saturated heterocycles. The van der Waals surface area contributed by atoms with Crippen LogP contribution in [0.3, 0.4) is 0 Å². The van der Waals surface area contributed by atoms with E-state index in [1.165, 1.54) is 12.8 Å². The molecule has 3 aromatic heterocycles. The summed E-state index contributed by atoms with van der Waals surface area (Å²) in [5.74, 6) is 2.37. The molecule has 2 aliphatic rings. The number of rotatable bonds is 7. The van der Waals surface area contributed by atoms with Gasteiger partial charge in [-0.1, -0.05) is 42.8 Å². The van der Waals surface area contributed by atoms with Crippen molar-refractivity contribution in [3.8, 4) is 11.4 Å². The Morgan fingerprint density at radius 3 is 2.47 bits per heavy atom. The first kappa shape index (κ1) is 35.6. The Morgan fingerprint density at radius 2 is 1.76 bits per heavy atom.